The molecule has 0 aliphatic carbocycles. The third-order valence-corrected chi connectivity index (χ3v) is 4.87. The Morgan fingerprint density at radius 3 is 2.32 bits per heavy atom. The predicted molar refractivity (Wildman–Crippen MR) is 95.5 cm³/mol. The zero-order chi connectivity index (χ0) is 18.0. The zero-order valence-corrected chi connectivity index (χ0v) is 15.0. The third kappa shape index (κ3) is 3.57. The normalized spacial score (nSPS) is 15.2. The van der Waals surface area contributed by atoms with Gasteiger partial charge in [-0.05, 0) is 38.8 Å². The lowest BCUT2D eigenvalue weighted by atomic mass is 10.0. The molecule has 1 aromatic heterocycles. The number of carbonyl (C=O) groups is 2. The molecule has 6 heteroatoms. The van der Waals surface area contributed by atoms with E-state index in [1.165, 1.54) is 0 Å². The number of carbonyl (C=O) groups excluding carboxylic acids is 2. The van der Waals surface area contributed by atoms with Crippen LogP contribution in [0.3, 0.4) is 0 Å². The molecule has 0 spiro atoms. The Hall–Kier alpha value is -2.63. The standard InChI is InChI=1S/C19H24N4O2/c1-13-17(14(2)22(3)21-13)18(24)20-16-9-11-23(12-10-16)19(25)15-7-5-4-6-8-15/h4-8,16H,9-12H2,1-3H3,(H,20,24). The number of likely N-dealkylation sites (tertiary alicyclic amines) is 1. The zero-order valence-electron chi connectivity index (χ0n) is 15.0. The van der Waals surface area contributed by atoms with Crippen LogP contribution in [0.25, 0.3) is 0 Å². The average molecular weight is 340 g/mol. The van der Waals surface area contributed by atoms with Gasteiger partial charge >= 0.3 is 0 Å². The van der Waals surface area contributed by atoms with E-state index in [0.29, 0.717) is 24.2 Å². The van der Waals surface area contributed by atoms with Crippen molar-refractivity contribution in [3.8, 4) is 0 Å². The van der Waals surface area contributed by atoms with Crippen LogP contribution >= 0.6 is 0 Å². The maximum atomic E-state index is 12.6. The number of aromatic nitrogens is 2. The van der Waals surface area contributed by atoms with E-state index in [-0.39, 0.29) is 17.9 Å². The van der Waals surface area contributed by atoms with Crippen molar-refractivity contribution < 1.29 is 9.59 Å². The molecule has 1 aliphatic rings. The minimum atomic E-state index is -0.0732. The first-order chi connectivity index (χ1) is 12.0. The second-order valence-corrected chi connectivity index (χ2v) is 6.58. The van der Waals surface area contributed by atoms with Crippen molar-refractivity contribution in [1.82, 2.24) is 20.0 Å². The third-order valence-electron chi connectivity index (χ3n) is 4.87. The molecule has 0 unspecified atom stereocenters. The minimum Gasteiger partial charge on any atom is -0.349 e. The van der Waals surface area contributed by atoms with Crippen molar-refractivity contribution in [2.45, 2.75) is 32.7 Å². The van der Waals surface area contributed by atoms with Crippen molar-refractivity contribution >= 4 is 11.8 Å². The molecule has 1 fully saturated rings. The molecule has 2 aromatic rings. The Labute approximate surface area is 147 Å². The first kappa shape index (κ1) is 17.2. The number of nitrogens with zero attached hydrogens (tertiary/aromatic N) is 3. The van der Waals surface area contributed by atoms with E-state index in [9.17, 15) is 9.59 Å². The van der Waals surface area contributed by atoms with Crippen LogP contribution in [-0.4, -0.2) is 45.6 Å². The second kappa shape index (κ2) is 7.09. The fraction of sp³-hybridized carbons (Fsp3) is 0.421. The molecule has 25 heavy (non-hydrogen) atoms. The molecular formula is C19H24N4O2. The topological polar surface area (TPSA) is 67.2 Å². The van der Waals surface area contributed by atoms with E-state index < -0.39 is 0 Å². The summed E-state index contributed by atoms with van der Waals surface area (Å²) in [5.41, 5.74) is 2.98. The molecule has 1 aliphatic heterocycles. The number of hydrogen-bond donors (Lipinski definition) is 1. The summed E-state index contributed by atoms with van der Waals surface area (Å²) in [6.07, 6.45) is 1.53. The van der Waals surface area contributed by atoms with Crippen LogP contribution < -0.4 is 5.32 Å². The highest BCUT2D eigenvalue weighted by atomic mass is 16.2. The van der Waals surface area contributed by atoms with Gasteiger partial charge in [-0.1, -0.05) is 18.2 Å². The lowest BCUT2D eigenvalue weighted by Gasteiger charge is -2.32. The van der Waals surface area contributed by atoms with Crippen molar-refractivity contribution in [3.05, 3.63) is 52.8 Å². The number of rotatable bonds is 3. The van der Waals surface area contributed by atoms with Crippen LogP contribution in [0.5, 0.6) is 0 Å². The van der Waals surface area contributed by atoms with Gasteiger partial charge in [0.05, 0.1) is 11.3 Å². The molecular weight excluding hydrogens is 316 g/mol. The number of benzene rings is 1. The molecule has 1 N–H and O–H groups in total. The van der Waals surface area contributed by atoms with Gasteiger partial charge in [-0.15, -0.1) is 0 Å². The van der Waals surface area contributed by atoms with Crippen molar-refractivity contribution in [2.75, 3.05) is 13.1 Å². The van der Waals surface area contributed by atoms with Crippen molar-refractivity contribution in [3.63, 3.8) is 0 Å². The maximum Gasteiger partial charge on any atom is 0.255 e. The molecule has 1 aromatic carbocycles. The van der Waals surface area contributed by atoms with Gasteiger partial charge in [0.25, 0.3) is 11.8 Å². The lowest BCUT2D eigenvalue weighted by molar-refractivity contribution is 0.0698. The van der Waals surface area contributed by atoms with Gasteiger partial charge in [0.1, 0.15) is 0 Å². The summed E-state index contributed by atoms with van der Waals surface area (Å²) in [5, 5.41) is 7.40. The van der Waals surface area contributed by atoms with E-state index in [4.69, 9.17) is 0 Å². The van der Waals surface area contributed by atoms with Gasteiger partial charge in [0.15, 0.2) is 0 Å². The lowest BCUT2D eigenvalue weighted by Crippen LogP contribution is -2.46. The van der Waals surface area contributed by atoms with Gasteiger partial charge in [-0.2, -0.15) is 5.10 Å². The van der Waals surface area contributed by atoms with E-state index >= 15 is 0 Å². The number of piperidine rings is 1. The smallest absolute Gasteiger partial charge is 0.255 e. The quantitative estimate of drug-likeness (QED) is 0.930. The summed E-state index contributed by atoms with van der Waals surface area (Å²) in [7, 11) is 1.84. The van der Waals surface area contributed by atoms with Gasteiger partial charge in [0, 0.05) is 37.4 Å². The highest BCUT2D eigenvalue weighted by Crippen LogP contribution is 2.16. The summed E-state index contributed by atoms with van der Waals surface area (Å²) in [6, 6.07) is 9.42. The van der Waals surface area contributed by atoms with Crippen LogP contribution in [-0.2, 0) is 7.05 Å². The Morgan fingerprint density at radius 1 is 1.12 bits per heavy atom. The van der Waals surface area contributed by atoms with Gasteiger partial charge in [-0.25, -0.2) is 0 Å². The average Bonchev–Trinajstić information content (AvgIpc) is 2.88. The van der Waals surface area contributed by atoms with Gasteiger partial charge in [0.2, 0.25) is 0 Å². The van der Waals surface area contributed by atoms with Crippen LogP contribution in [0.1, 0.15) is 44.9 Å². The summed E-state index contributed by atoms with van der Waals surface area (Å²) in [4.78, 5) is 26.9. The molecule has 1 saturated heterocycles. The fourth-order valence-electron chi connectivity index (χ4n) is 3.35. The molecule has 2 amide bonds. The van der Waals surface area contributed by atoms with Gasteiger partial charge in [-0.3, -0.25) is 14.3 Å². The number of nitrogens with one attached hydrogen (secondary N) is 1. The Bertz CT molecular complexity index is 774. The first-order valence-corrected chi connectivity index (χ1v) is 8.62. The first-order valence-electron chi connectivity index (χ1n) is 8.62. The second-order valence-electron chi connectivity index (χ2n) is 6.58. The van der Waals surface area contributed by atoms with E-state index in [1.54, 1.807) is 4.68 Å². The molecule has 0 radical (unpaired) electrons. The number of hydrogen-bond acceptors (Lipinski definition) is 3. The van der Waals surface area contributed by atoms with Crippen LogP contribution in [0.2, 0.25) is 0 Å². The summed E-state index contributed by atoms with van der Waals surface area (Å²) < 4.78 is 1.73. The van der Waals surface area contributed by atoms with E-state index in [0.717, 1.165) is 24.2 Å². The Kier molecular flexibility index (Phi) is 4.88. The maximum absolute atomic E-state index is 12.6. The van der Waals surface area contributed by atoms with Gasteiger partial charge < -0.3 is 10.2 Å². The number of aryl methyl sites for hydroxylation is 2. The minimum absolute atomic E-state index is 0.0596. The molecule has 132 valence electrons. The molecule has 0 atom stereocenters. The van der Waals surface area contributed by atoms with Crippen molar-refractivity contribution in [1.29, 1.82) is 0 Å². The molecule has 0 saturated carbocycles. The molecule has 0 bridgehead atoms. The van der Waals surface area contributed by atoms with Crippen LogP contribution in [0.15, 0.2) is 30.3 Å². The SMILES string of the molecule is Cc1nn(C)c(C)c1C(=O)NC1CCN(C(=O)c2ccccc2)CC1. The highest BCUT2D eigenvalue weighted by molar-refractivity contribution is 5.96. The Morgan fingerprint density at radius 2 is 1.76 bits per heavy atom. The summed E-state index contributed by atoms with van der Waals surface area (Å²) >= 11 is 0. The van der Waals surface area contributed by atoms with Crippen molar-refractivity contribution in [2.24, 2.45) is 7.05 Å². The molecule has 3 rings (SSSR count). The molecule has 2 heterocycles. The van der Waals surface area contributed by atoms with E-state index in [2.05, 4.69) is 10.4 Å². The largest absolute Gasteiger partial charge is 0.349 e. The molecule has 6 nitrogen and oxygen atoms in total. The van der Waals surface area contributed by atoms with Crippen LogP contribution in [0.4, 0.5) is 0 Å². The van der Waals surface area contributed by atoms with Crippen LogP contribution in [0, 0.1) is 13.8 Å². The monoisotopic (exact) mass is 340 g/mol. The predicted octanol–water partition coefficient (Wildman–Crippen LogP) is 2.07. The Balaban J connectivity index is 1.58. The highest BCUT2D eigenvalue weighted by Gasteiger charge is 2.26. The summed E-state index contributed by atoms with van der Waals surface area (Å²) in [5.74, 6) is -0.0136. The van der Waals surface area contributed by atoms with E-state index in [1.807, 2.05) is 56.1 Å². The fourth-order valence-corrected chi connectivity index (χ4v) is 3.35. The number of amides is 2. The summed E-state index contributed by atoms with van der Waals surface area (Å²) in [6.45, 7) is 5.06.